The molecule has 0 aliphatic heterocycles. The molecule has 1 heterocycles. The van der Waals surface area contributed by atoms with Crippen LogP contribution >= 0.6 is 0 Å². The third-order valence-corrected chi connectivity index (χ3v) is 1.17. The fourth-order valence-electron chi connectivity index (χ4n) is 0.629. The average molecular weight is 136 g/mol. The molecule has 0 radical (unpaired) electrons. The lowest BCUT2D eigenvalue weighted by Crippen LogP contribution is -2.28. The van der Waals surface area contributed by atoms with Crippen LogP contribution in [0.4, 0.5) is 0 Å². The van der Waals surface area contributed by atoms with Gasteiger partial charge in [-0.25, -0.2) is 9.97 Å². The van der Waals surface area contributed by atoms with Crippen molar-refractivity contribution in [3.05, 3.63) is 12.4 Å². The Morgan fingerprint density at radius 1 is 1.30 bits per heavy atom. The van der Waals surface area contributed by atoms with Gasteiger partial charge in [-0.1, -0.05) is 13.6 Å². The van der Waals surface area contributed by atoms with Crippen LogP contribution in [0.15, 0.2) is 12.4 Å². The maximum atomic E-state index is 8.81. The van der Waals surface area contributed by atoms with Crippen LogP contribution in [0.5, 0.6) is 5.75 Å². The molecule has 1 aromatic heterocycles. The van der Waals surface area contributed by atoms with E-state index in [4.69, 9.17) is 5.11 Å². The molecular formula is C6H9BN2O. The summed E-state index contributed by atoms with van der Waals surface area (Å²) in [6.07, 6.45) is 2.81. The van der Waals surface area contributed by atoms with Gasteiger partial charge in [0.2, 0.25) is 6.71 Å². The minimum absolute atomic E-state index is 0.115. The first kappa shape index (κ1) is 7.06. The molecule has 0 bridgehead atoms. The summed E-state index contributed by atoms with van der Waals surface area (Å²) in [5.74, 6) is 0.115. The standard InChI is InChI=1S/C6H9BN2O/c1-7(2)6-8-3-5(10)4-9-6/h3-4,10H,1-2H3. The van der Waals surface area contributed by atoms with Crippen molar-refractivity contribution < 1.29 is 5.11 Å². The lowest BCUT2D eigenvalue weighted by molar-refractivity contribution is 0.470. The third-order valence-electron chi connectivity index (χ3n) is 1.17. The molecule has 0 aromatic carbocycles. The molecule has 0 fully saturated rings. The van der Waals surface area contributed by atoms with Gasteiger partial charge in [0.25, 0.3) is 0 Å². The van der Waals surface area contributed by atoms with E-state index in [2.05, 4.69) is 9.97 Å². The largest absolute Gasteiger partial charge is 0.505 e. The third kappa shape index (κ3) is 1.46. The zero-order valence-electron chi connectivity index (χ0n) is 6.07. The summed E-state index contributed by atoms with van der Waals surface area (Å²) in [5.41, 5.74) is 0.762. The van der Waals surface area contributed by atoms with Crippen LogP contribution in [0.1, 0.15) is 0 Å². The highest BCUT2D eigenvalue weighted by Crippen LogP contribution is 1.97. The van der Waals surface area contributed by atoms with Gasteiger partial charge >= 0.3 is 0 Å². The Labute approximate surface area is 60.2 Å². The monoisotopic (exact) mass is 136 g/mol. The smallest absolute Gasteiger partial charge is 0.219 e. The first-order valence-corrected chi connectivity index (χ1v) is 3.21. The zero-order chi connectivity index (χ0) is 7.56. The van der Waals surface area contributed by atoms with E-state index in [1.807, 2.05) is 13.6 Å². The van der Waals surface area contributed by atoms with Crippen LogP contribution in [0.25, 0.3) is 0 Å². The molecule has 1 rings (SSSR count). The quantitative estimate of drug-likeness (QED) is 0.558. The Morgan fingerprint density at radius 3 is 2.20 bits per heavy atom. The van der Waals surface area contributed by atoms with Gasteiger partial charge < -0.3 is 5.11 Å². The molecule has 52 valence electrons. The van der Waals surface area contributed by atoms with E-state index in [9.17, 15) is 0 Å². The van der Waals surface area contributed by atoms with Crippen molar-refractivity contribution in [1.82, 2.24) is 9.97 Å². The summed E-state index contributed by atoms with van der Waals surface area (Å²) in [6.45, 7) is 4.33. The molecule has 3 nitrogen and oxygen atoms in total. The van der Waals surface area contributed by atoms with Gasteiger partial charge in [-0.3, -0.25) is 0 Å². The van der Waals surface area contributed by atoms with Gasteiger partial charge in [0, 0.05) is 0 Å². The van der Waals surface area contributed by atoms with Crippen molar-refractivity contribution in [3.63, 3.8) is 0 Å². The molecular weight excluding hydrogens is 127 g/mol. The first-order valence-electron chi connectivity index (χ1n) is 3.21. The lowest BCUT2D eigenvalue weighted by Gasteiger charge is -1.97. The number of aromatic nitrogens is 2. The molecule has 0 saturated carbocycles. The predicted molar refractivity (Wildman–Crippen MR) is 40.8 cm³/mol. The van der Waals surface area contributed by atoms with Crippen LogP contribution < -0.4 is 5.72 Å². The molecule has 0 atom stereocenters. The van der Waals surface area contributed by atoms with Gasteiger partial charge in [0.15, 0.2) is 5.75 Å². The van der Waals surface area contributed by atoms with Crippen LogP contribution in [0.2, 0.25) is 13.6 Å². The molecule has 0 aliphatic rings. The molecule has 0 aliphatic carbocycles. The SMILES string of the molecule is CB(C)c1ncc(O)cn1. The minimum Gasteiger partial charge on any atom is -0.505 e. The summed E-state index contributed by atoms with van der Waals surface area (Å²) >= 11 is 0. The van der Waals surface area contributed by atoms with Crippen LogP contribution in [0.3, 0.4) is 0 Å². The highest BCUT2D eigenvalue weighted by atomic mass is 16.3. The lowest BCUT2D eigenvalue weighted by atomic mass is 9.54. The van der Waals surface area contributed by atoms with Gasteiger partial charge in [0.1, 0.15) is 0 Å². The van der Waals surface area contributed by atoms with Gasteiger partial charge in [-0.2, -0.15) is 0 Å². The molecule has 1 N–H and O–H groups in total. The Bertz CT molecular complexity index is 209. The summed E-state index contributed by atoms with van der Waals surface area (Å²) in [5, 5.41) is 8.81. The normalized spacial score (nSPS) is 9.40. The first-order chi connectivity index (χ1) is 4.70. The van der Waals surface area contributed by atoms with E-state index >= 15 is 0 Å². The van der Waals surface area contributed by atoms with Crippen molar-refractivity contribution in [2.75, 3.05) is 0 Å². The summed E-state index contributed by atoms with van der Waals surface area (Å²) in [4.78, 5) is 7.83. The zero-order valence-corrected chi connectivity index (χ0v) is 6.07. The van der Waals surface area contributed by atoms with Crippen molar-refractivity contribution >= 4 is 12.4 Å². The average Bonchev–Trinajstić information content (AvgIpc) is 1.88. The second kappa shape index (κ2) is 2.69. The van der Waals surface area contributed by atoms with Crippen molar-refractivity contribution in [2.24, 2.45) is 0 Å². The predicted octanol–water partition coefficient (Wildman–Crippen LogP) is 0.144. The maximum Gasteiger partial charge on any atom is 0.219 e. The van der Waals surface area contributed by atoms with Gasteiger partial charge in [-0.15, -0.1) is 0 Å². The number of nitrogens with zero attached hydrogens (tertiary/aromatic N) is 2. The highest BCUT2D eigenvalue weighted by Gasteiger charge is 2.04. The molecule has 0 unspecified atom stereocenters. The Kier molecular flexibility index (Phi) is 1.90. The Morgan fingerprint density at radius 2 is 1.80 bits per heavy atom. The van der Waals surface area contributed by atoms with Crippen LogP contribution in [-0.2, 0) is 0 Å². The van der Waals surface area contributed by atoms with Crippen LogP contribution in [-0.4, -0.2) is 21.8 Å². The number of aromatic hydroxyl groups is 1. The van der Waals surface area contributed by atoms with E-state index in [1.54, 1.807) is 0 Å². The van der Waals surface area contributed by atoms with Crippen molar-refractivity contribution in [3.8, 4) is 5.75 Å². The fourth-order valence-corrected chi connectivity index (χ4v) is 0.629. The molecule has 4 heteroatoms. The Balaban J connectivity index is 2.89. The van der Waals surface area contributed by atoms with Gasteiger partial charge in [-0.05, 0) is 0 Å². The topological polar surface area (TPSA) is 46.0 Å². The molecule has 1 aromatic rings. The van der Waals surface area contributed by atoms with E-state index in [0.717, 1.165) is 5.72 Å². The van der Waals surface area contributed by atoms with E-state index in [-0.39, 0.29) is 5.75 Å². The van der Waals surface area contributed by atoms with E-state index in [0.29, 0.717) is 6.71 Å². The molecule has 0 saturated heterocycles. The Hall–Kier alpha value is -1.06. The number of hydrogen-bond acceptors (Lipinski definition) is 3. The summed E-state index contributed by atoms with van der Waals surface area (Å²) in [6, 6.07) is 0. The number of hydrogen-bond donors (Lipinski definition) is 1. The highest BCUT2D eigenvalue weighted by molar-refractivity contribution is 6.69. The molecule has 0 amide bonds. The second-order valence-corrected chi connectivity index (χ2v) is 2.45. The van der Waals surface area contributed by atoms with Crippen LogP contribution in [0, 0.1) is 0 Å². The van der Waals surface area contributed by atoms with E-state index in [1.165, 1.54) is 12.4 Å². The maximum absolute atomic E-state index is 8.81. The van der Waals surface area contributed by atoms with Crippen molar-refractivity contribution in [2.45, 2.75) is 13.6 Å². The fraction of sp³-hybridized carbons (Fsp3) is 0.333. The van der Waals surface area contributed by atoms with E-state index < -0.39 is 0 Å². The van der Waals surface area contributed by atoms with Crippen molar-refractivity contribution in [1.29, 1.82) is 0 Å². The molecule has 10 heavy (non-hydrogen) atoms. The van der Waals surface area contributed by atoms with Gasteiger partial charge in [0.05, 0.1) is 18.1 Å². The summed E-state index contributed by atoms with van der Waals surface area (Å²) < 4.78 is 0. The number of rotatable bonds is 1. The minimum atomic E-state index is 0.115. The summed E-state index contributed by atoms with van der Waals surface area (Å²) in [7, 11) is 0. The molecule has 0 spiro atoms. The second-order valence-electron chi connectivity index (χ2n) is 2.45.